The zero-order valence-electron chi connectivity index (χ0n) is 15.8. The van der Waals surface area contributed by atoms with Crippen molar-refractivity contribution in [3.8, 4) is 17.2 Å². The molecule has 0 radical (unpaired) electrons. The van der Waals surface area contributed by atoms with Crippen molar-refractivity contribution in [3.63, 3.8) is 0 Å². The number of methoxy groups -OCH3 is 1. The van der Waals surface area contributed by atoms with Crippen molar-refractivity contribution in [2.24, 2.45) is 0 Å². The Hall–Kier alpha value is -2.69. The number of carbonyl (C=O) groups excluding carboxylic acids is 1. The zero-order chi connectivity index (χ0) is 18.9. The van der Waals surface area contributed by atoms with Crippen molar-refractivity contribution >= 4 is 5.91 Å². The molecule has 5 heteroatoms. The number of hydrogen-bond donors (Lipinski definition) is 1. The minimum Gasteiger partial charge on any atom is -0.497 e. The lowest BCUT2D eigenvalue weighted by Gasteiger charge is -2.21. The van der Waals surface area contributed by atoms with Gasteiger partial charge in [-0.1, -0.05) is 25.1 Å². The van der Waals surface area contributed by atoms with Crippen LogP contribution in [0.25, 0.3) is 0 Å². The van der Waals surface area contributed by atoms with E-state index < -0.39 is 6.10 Å². The number of rotatable bonds is 9. The summed E-state index contributed by atoms with van der Waals surface area (Å²) in [6.45, 7) is 6.17. The molecule has 26 heavy (non-hydrogen) atoms. The molecule has 0 saturated carbocycles. The summed E-state index contributed by atoms with van der Waals surface area (Å²) in [5.41, 5.74) is 1.01. The van der Waals surface area contributed by atoms with E-state index in [0.29, 0.717) is 13.0 Å². The van der Waals surface area contributed by atoms with Crippen LogP contribution in [0.3, 0.4) is 0 Å². The molecular formula is C21H27NO4. The van der Waals surface area contributed by atoms with Crippen LogP contribution in [0.15, 0.2) is 48.5 Å². The van der Waals surface area contributed by atoms with Crippen molar-refractivity contribution in [1.29, 1.82) is 0 Å². The first-order valence-corrected chi connectivity index (χ1v) is 8.83. The van der Waals surface area contributed by atoms with Crippen molar-refractivity contribution in [2.45, 2.75) is 39.3 Å². The minimum absolute atomic E-state index is 0.137. The molecule has 2 aromatic carbocycles. The smallest absolute Gasteiger partial charge is 0.261 e. The van der Waals surface area contributed by atoms with E-state index in [2.05, 4.69) is 5.32 Å². The van der Waals surface area contributed by atoms with Crippen LogP contribution in [0.1, 0.15) is 25.8 Å². The zero-order valence-corrected chi connectivity index (χ0v) is 15.8. The van der Waals surface area contributed by atoms with Gasteiger partial charge < -0.3 is 19.5 Å². The van der Waals surface area contributed by atoms with E-state index in [1.807, 2.05) is 69.3 Å². The number of ether oxygens (including phenoxy) is 3. The van der Waals surface area contributed by atoms with Gasteiger partial charge in [-0.15, -0.1) is 0 Å². The van der Waals surface area contributed by atoms with Gasteiger partial charge in [-0.25, -0.2) is 0 Å². The lowest BCUT2D eigenvalue weighted by atomic mass is 10.2. The van der Waals surface area contributed by atoms with E-state index in [1.54, 1.807) is 7.11 Å². The number of aryl methyl sites for hydroxylation is 1. The van der Waals surface area contributed by atoms with Gasteiger partial charge in [-0.3, -0.25) is 4.79 Å². The van der Waals surface area contributed by atoms with Gasteiger partial charge in [0.15, 0.2) is 6.10 Å². The summed E-state index contributed by atoms with van der Waals surface area (Å²) in [4.78, 5) is 12.5. The molecule has 2 rings (SSSR count). The molecule has 0 aromatic heterocycles. The summed E-state index contributed by atoms with van der Waals surface area (Å²) in [6, 6.07) is 14.9. The number of amides is 1. The molecule has 0 fully saturated rings. The summed E-state index contributed by atoms with van der Waals surface area (Å²) in [5.74, 6) is 2.10. The fourth-order valence-corrected chi connectivity index (χ4v) is 2.43. The Kier molecular flexibility index (Phi) is 7.33. The van der Waals surface area contributed by atoms with Crippen LogP contribution in [-0.4, -0.2) is 31.8 Å². The van der Waals surface area contributed by atoms with Crippen molar-refractivity contribution in [1.82, 2.24) is 5.32 Å². The third kappa shape index (κ3) is 5.69. The highest BCUT2D eigenvalue weighted by Crippen LogP contribution is 2.19. The Morgan fingerprint density at radius 3 is 2.35 bits per heavy atom. The normalized spacial score (nSPS) is 12.8. The Bertz CT molecular complexity index is 699. The molecule has 0 aliphatic heterocycles. The van der Waals surface area contributed by atoms with Crippen LogP contribution in [0.5, 0.6) is 17.2 Å². The average Bonchev–Trinajstić information content (AvgIpc) is 2.66. The average molecular weight is 357 g/mol. The van der Waals surface area contributed by atoms with Gasteiger partial charge in [0.2, 0.25) is 0 Å². The number of nitrogens with one attached hydrogen (secondary N) is 1. The lowest BCUT2D eigenvalue weighted by Crippen LogP contribution is -2.44. The number of benzene rings is 2. The first kappa shape index (κ1) is 19.6. The summed E-state index contributed by atoms with van der Waals surface area (Å²) in [7, 11) is 1.62. The predicted molar refractivity (Wildman–Crippen MR) is 102 cm³/mol. The van der Waals surface area contributed by atoms with Crippen LogP contribution in [-0.2, 0) is 4.79 Å². The van der Waals surface area contributed by atoms with Crippen LogP contribution < -0.4 is 19.5 Å². The predicted octanol–water partition coefficient (Wildman–Crippen LogP) is 3.74. The maximum Gasteiger partial charge on any atom is 0.261 e. The van der Waals surface area contributed by atoms with E-state index in [4.69, 9.17) is 14.2 Å². The molecule has 2 aromatic rings. The Labute approximate surface area is 155 Å². The SMILES string of the molecule is CCC(Oc1ccccc1C)C(=O)NC(C)COc1ccc(OC)cc1. The van der Waals surface area contributed by atoms with Gasteiger partial charge in [0.25, 0.3) is 5.91 Å². The highest BCUT2D eigenvalue weighted by Gasteiger charge is 2.20. The van der Waals surface area contributed by atoms with Crippen molar-refractivity contribution in [2.75, 3.05) is 13.7 Å². The molecule has 1 N–H and O–H groups in total. The summed E-state index contributed by atoms with van der Waals surface area (Å²) >= 11 is 0. The highest BCUT2D eigenvalue weighted by molar-refractivity contribution is 5.81. The molecule has 0 heterocycles. The van der Waals surface area contributed by atoms with E-state index >= 15 is 0 Å². The van der Waals surface area contributed by atoms with Gasteiger partial charge in [0.1, 0.15) is 23.9 Å². The van der Waals surface area contributed by atoms with Crippen LogP contribution >= 0.6 is 0 Å². The van der Waals surface area contributed by atoms with Crippen molar-refractivity contribution in [3.05, 3.63) is 54.1 Å². The van der Waals surface area contributed by atoms with E-state index in [1.165, 1.54) is 0 Å². The van der Waals surface area contributed by atoms with E-state index in [0.717, 1.165) is 22.8 Å². The topological polar surface area (TPSA) is 56.8 Å². The van der Waals surface area contributed by atoms with E-state index in [-0.39, 0.29) is 11.9 Å². The summed E-state index contributed by atoms with van der Waals surface area (Å²) < 4.78 is 16.7. The first-order valence-electron chi connectivity index (χ1n) is 8.83. The standard InChI is InChI=1S/C21H27NO4/c1-5-19(26-20-9-7-6-8-15(20)2)21(23)22-16(3)14-25-18-12-10-17(24-4)11-13-18/h6-13,16,19H,5,14H2,1-4H3,(H,22,23). The van der Waals surface area contributed by atoms with Gasteiger partial charge in [-0.2, -0.15) is 0 Å². The highest BCUT2D eigenvalue weighted by atomic mass is 16.5. The third-order valence-corrected chi connectivity index (χ3v) is 3.97. The second-order valence-corrected chi connectivity index (χ2v) is 6.18. The quantitative estimate of drug-likeness (QED) is 0.743. The van der Waals surface area contributed by atoms with Gasteiger partial charge >= 0.3 is 0 Å². The third-order valence-electron chi connectivity index (χ3n) is 3.97. The fourth-order valence-electron chi connectivity index (χ4n) is 2.43. The molecule has 0 saturated heterocycles. The minimum atomic E-state index is -0.528. The Morgan fingerprint density at radius 1 is 1.08 bits per heavy atom. The van der Waals surface area contributed by atoms with Crippen LogP contribution in [0, 0.1) is 6.92 Å². The molecule has 0 bridgehead atoms. The number of carbonyl (C=O) groups is 1. The number of hydrogen-bond acceptors (Lipinski definition) is 4. The van der Waals surface area contributed by atoms with Gasteiger partial charge in [-0.05, 0) is 56.2 Å². The molecule has 0 aliphatic carbocycles. The second-order valence-electron chi connectivity index (χ2n) is 6.18. The molecule has 140 valence electrons. The lowest BCUT2D eigenvalue weighted by molar-refractivity contribution is -0.129. The Morgan fingerprint density at radius 2 is 1.73 bits per heavy atom. The number of para-hydroxylation sites is 1. The van der Waals surface area contributed by atoms with E-state index in [9.17, 15) is 4.79 Å². The molecule has 5 nitrogen and oxygen atoms in total. The summed E-state index contributed by atoms with van der Waals surface area (Å²) in [6.07, 6.45) is 0.0613. The molecule has 1 amide bonds. The molecular weight excluding hydrogens is 330 g/mol. The molecule has 2 atom stereocenters. The van der Waals surface area contributed by atoms with Crippen LogP contribution in [0.4, 0.5) is 0 Å². The maximum atomic E-state index is 12.5. The molecule has 0 aliphatic rings. The first-order chi connectivity index (χ1) is 12.5. The maximum absolute atomic E-state index is 12.5. The van der Waals surface area contributed by atoms with Crippen molar-refractivity contribution < 1.29 is 19.0 Å². The monoisotopic (exact) mass is 357 g/mol. The molecule has 0 spiro atoms. The van der Waals surface area contributed by atoms with Gasteiger partial charge in [0.05, 0.1) is 13.2 Å². The summed E-state index contributed by atoms with van der Waals surface area (Å²) in [5, 5.41) is 2.95. The largest absolute Gasteiger partial charge is 0.497 e. The van der Waals surface area contributed by atoms with Crippen LogP contribution in [0.2, 0.25) is 0 Å². The second kappa shape index (κ2) is 9.70. The van der Waals surface area contributed by atoms with Gasteiger partial charge in [0, 0.05) is 0 Å². The fraction of sp³-hybridized carbons (Fsp3) is 0.381. The Balaban J connectivity index is 1.84. The molecule has 2 unspecified atom stereocenters.